The molecule has 2 rings (SSSR count). The lowest BCUT2D eigenvalue weighted by atomic mass is 10.0. The molecular weight excluding hydrogens is 276 g/mol. The van der Waals surface area contributed by atoms with E-state index in [4.69, 9.17) is 0 Å². The van der Waals surface area contributed by atoms with E-state index in [-0.39, 0.29) is 11.8 Å². The van der Waals surface area contributed by atoms with Crippen LogP contribution in [-0.2, 0) is 9.59 Å². The van der Waals surface area contributed by atoms with E-state index in [1.165, 1.54) is 12.8 Å². The van der Waals surface area contributed by atoms with Crippen molar-refractivity contribution in [3.8, 4) is 0 Å². The van der Waals surface area contributed by atoms with E-state index in [9.17, 15) is 9.59 Å². The maximum absolute atomic E-state index is 12.2. The quantitative estimate of drug-likeness (QED) is 0.731. The van der Waals surface area contributed by atoms with E-state index in [0.29, 0.717) is 24.9 Å². The molecule has 0 N–H and O–H groups in total. The molecule has 0 aromatic carbocycles. The summed E-state index contributed by atoms with van der Waals surface area (Å²) in [6.07, 6.45) is 9.93. The number of amides is 2. The first-order chi connectivity index (χ1) is 10.6. The molecule has 0 radical (unpaired) electrons. The maximum Gasteiger partial charge on any atom is 0.222 e. The zero-order valence-electron chi connectivity index (χ0n) is 14.4. The van der Waals surface area contributed by atoms with Crippen LogP contribution in [0.5, 0.6) is 0 Å². The first-order valence-corrected chi connectivity index (χ1v) is 9.18. The Bertz CT molecular complexity index is 347. The van der Waals surface area contributed by atoms with Gasteiger partial charge in [0, 0.05) is 38.0 Å². The number of carbonyl (C=O) groups excluding carboxylic acids is 2. The van der Waals surface area contributed by atoms with Gasteiger partial charge in [0.05, 0.1) is 0 Å². The standard InChI is InChI=1S/C18H32N2O2/c1-15-9-5-7-13-19(15)17(21)11-3-4-12-18(22)20-14-8-6-10-16(20)2/h15-16H,3-14H2,1-2H3/t15-,16-/m1/s1. The lowest BCUT2D eigenvalue weighted by molar-refractivity contribution is -0.136. The van der Waals surface area contributed by atoms with Gasteiger partial charge in [0.25, 0.3) is 0 Å². The summed E-state index contributed by atoms with van der Waals surface area (Å²) >= 11 is 0. The smallest absolute Gasteiger partial charge is 0.222 e. The van der Waals surface area contributed by atoms with Gasteiger partial charge in [0.2, 0.25) is 11.8 Å². The summed E-state index contributed by atoms with van der Waals surface area (Å²) in [6.45, 7) is 6.14. The molecule has 126 valence electrons. The minimum Gasteiger partial charge on any atom is -0.340 e. The Morgan fingerprint density at radius 2 is 1.18 bits per heavy atom. The number of piperidine rings is 2. The maximum atomic E-state index is 12.2. The molecule has 0 spiro atoms. The third-order valence-corrected chi connectivity index (χ3v) is 5.28. The van der Waals surface area contributed by atoms with E-state index < -0.39 is 0 Å². The molecule has 0 aliphatic carbocycles. The van der Waals surface area contributed by atoms with Crippen molar-refractivity contribution in [3.05, 3.63) is 0 Å². The van der Waals surface area contributed by atoms with Crippen LogP contribution in [0.25, 0.3) is 0 Å². The number of nitrogens with zero attached hydrogens (tertiary/aromatic N) is 2. The average molecular weight is 308 g/mol. The van der Waals surface area contributed by atoms with Gasteiger partial charge < -0.3 is 9.80 Å². The van der Waals surface area contributed by atoms with Crippen LogP contribution < -0.4 is 0 Å². The minimum absolute atomic E-state index is 0.283. The molecule has 2 amide bonds. The molecule has 2 atom stereocenters. The van der Waals surface area contributed by atoms with Crippen molar-refractivity contribution >= 4 is 11.8 Å². The molecular formula is C18H32N2O2. The van der Waals surface area contributed by atoms with Crippen molar-refractivity contribution < 1.29 is 9.59 Å². The summed E-state index contributed by atoms with van der Waals surface area (Å²) in [7, 11) is 0. The molecule has 0 aromatic heterocycles. The van der Waals surface area contributed by atoms with E-state index >= 15 is 0 Å². The number of unbranched alkanes of at least 4 members (excludes halogenated alkanes) is 1. The van der Waals surface area contributed by atoms with Gasteiger partial charge in [-0.25, -0.2) is 0 Å². The van der Waals surface area contributed by atoms with Gasteiger partial charge in [-0.15, -0.1) is 0 Å². The molecule has 4 nitrogen and oxygen atoms in total. The Balaban J connectivity index is 1.64. The molecule has 22 heavy (non-hydrogen) atoms. The summed E-state index contributed by atoms with van der Waals surface area (Å²) in [5.41, 5.74) is 0. The fraction of sp³-hybridized carbons (Fsp3) is 0.889. The molecule has 2 aliphatic rings. The monoisotopic (exact) mass is 308 g/mol. The van der Waals surface area contributed by atoms with Gasteiger partial charge in [-0.2, -0.15) is 0 Å². The average Bonchev–Trinajstić information content (AvgIpc) is 2.52. The van der Waals surface area contributed by atoms with Gasteiger partial charge in [0.15, 0.2) is 0 Å². The Kier molecular flexibility index (Phi) is 6.71. The van der Waals surface area contributed by atoms with Gasteiger partial charge in [-0.1, -0.05) is 0 Å². The highest BCUT2D eigenvalue weighted by Gasteiger charge is 2.24. The van der Waals surface area contributed by atoms with E-state index in [2.05, 4.69) is 13.8 Å². The highest BCUT2D eigenvalue weighted by molar-refractivity contribution is 5.77. The van der Waals surface area contributed by atoms with Crippen molar-refractivity contribution in [3.63, 3.8) is 0 Å². The van der Waals surface area contributed by atoms with Crippen molar-refractivity contribution in [2.24, 2.45) is 0 Å². The van der Waals surface area contributed by atoms with Crippen LogP contribution in [0.4, 0.5) is 0 Å². The summed E-state index contributed by atoms with van der Waals surface area (Å²) < 4.78 is 0. The van der Waals surface area contributed by atoms with Crippen LogP contribution in [-0.4, -0.2) is 46.8 Å². The fourth-order valence-corrected chi connectivity index (χ4v) is 3.78. The number of carbonyl (C=O) groups is 2. The van der Waals surface area contributed by atoms with E-state index in [1.54, 1.807) is 0 Å². The molecule has 0 saturated carbocycles. The molecule has 0 bridgehead atoms. The zero-order chi connectivity index (χ0) is 15.9. The zero-order valence-corrected chi connectivity index (χ0v) is 14.4. The Hall–Kier alpha value is -1.06. The second-order valence-corrected chi connectivity index (χ2v) is 7.07. The van der Waals surface area contributed by atoms with Crippen LogP contribution in [0.2, 0.25) is 0 Å². The molecule has 4 heteroatoms. The Morgan fingerprint density at radius 3 is 1.55 bits per heavy atom. The van der Waals surface area contributed by atoms with Crippen LogP contribution in [0.1, 0.15) is 78.1 Å². The van der Waals surface area contributed by atoms with Crippen molar-refractivity contribution in [1.29, 1.82) is 0 Å². The summed E-state index contributed by atoms with van der Waals surface area (Å²) in [6, 6.07) is 0.800. The Morgan fingerprint density at radius 1 is 0.773 bits per heavy atom. The summed E-state index contributed by atoms with van der Waals surface area (Å²) in [5.74, 6) is 0.567. The first-order valence-electron chi connectivity index (χ1n) is 9.18. The summed E-state index contributed by atoms with van der Waals surface area (Å²) in [5, 5.41) is 0. The molecule has 2 heterocycles. The molecule has 0 aromatic rings. The molecule has 2 saturated heterocycles. The normalized spacial score (nSPS) is 26.1. The predicted octanol–water partition coefficient (Wildman–Crippen LogP) is 3.35. The first kappa shape index (κ1) is 17.3. The third-order valence-electron chi connectivity index (χ3n) is 5.28. The Labute approximate surface area is 135 Å². The van der Waals surface area contributed by atoms with Gasteiger partial charge in [-0.05, 0) is 65.2 Å². The third kappa shape index (κ3) is 4.72. The topological polar surface area (TPSA) is 40.6 Å². The highest BCUT2D eigenvalue weighted by atomic mass is 16.2. The predicted molar refractivity (Wildman–Crippen MR) is 88.5 cm³/mol. The van der Waals surface area contributed by atoms with Crippen LogP contribution in [0.15, 0.2) is 0 Å². The second-order valence-electron chi connectivity index (χ2n) is 7.07. The minimum atomic E-state index is 0.283. The van der Waals surface area contributed by atoms with E-state index in [0.717, 1.165) is 51.6 Å². The largest absolute Gasteiger partial charge is 0.340 e. The van der Waals surface area contributed by atoms with Gasteiger partial charge in [-0.3, -0.25) is 9.59 Å². The number of hydrogen-bond acceptors (Lipinski definition) is 2. The van der Waals surface area contributed by atoms with Crippen LogP contribution in [0.3, 0.4) is 0 Å². The number of rotatable bonds is 5. The van der Waals surface area contributed by atoms with E-state index in [1.807, 2.05) is 9.80 Å². The second kappa shape index (κ2) is 8.54. The fourth-order valence-electron chi connectivity index (χ4n) is 3.78. The molecule has 2 fully saturated rings. The van der Waals surface area contributed by atoms with Gasteiger partial charge in [0.1, 0.15) is 0 Å². The van der Waals surface area contributed by atoms with Crippen molar-refractivity contribution in [1.82, 2.24) is 9.80 Å². The van der Waals surface area contributed by atoms with Crippen molar-refractivity contribution in [2.75, 3.05) is 13.1 Å². The van der Waals surface area contributed by atoms with Crippen LogP contribution in [0, 0.1) is 0 Å². The highest BCUT2D eigenvalue weighted by Crippen LogP contribution is 2.20. The lowest BCUT2D eigenvalue weighted by Crippen LogP contribution is -2.42. The number of hydrogen-bond donors (Lipinski definition) is 0. The lowest BCUT2D eigenvalue weighted by Gasteiger charge is -2.34. The number of likely N-dealkylation sites (tertiary alicyclic amines) is 2. The molecule has 0 unspecified atom stereocenters. The van der Waals surface area contributed by atoms with Crippen LogP contribution >= 0.6 is 0 Å². The summed E-state index contributed by atoms with van der Waals surface area (Å²) in [4.78, 5) is 28.6. The molecule has 2 aliphatic heterocycles. The van der Waals surface area contributed by atoms with Gasteiger partial charge >= 0.3 is 0 Å². The SMILES string of the molecule is C[C@@H]1CCCCN1C(=O)CCCCC(=O)N1CCCC[C@H]1C. The van der Waals surface area contributed by atoms with Crippen molar-refractivity contribution in [2.45, 2.75) is 90.1 Å².